The van der Waals surface area contributed by atoms with E-state index in [2.05, 4.69) is 0 Å². The second-order valence-electron chi connectivity index (χ2n) is 5.88. The molecule has 1 rings (SSSR count). The van der Waals surface area contributed by atoms with Gasteiger partial charge in [0.25, 0.3) is 0 Å². The fraction of sp³-hybridized carbons (Fsp3) is 0.667. The molecule has 0 bridgehead atoms. The molecule has 0 heterocycles. The van der Waals surface area contributed by atoms with Gasteiger partial charge in [-0.1, -0.05) is 18.2 Å². The van der Waals surface area contributed by atoms with Gasteiger partial charge in [-0.05, 0) is 12.0 Å². The molecule has 0 saturated carbocycles. The molecule has 0 N–H and O–H groups in total. The maximum Gasteiger partial charge on any atom is 1.00 e. The van der Waals surface area contributed by atoms with Crippen LogP contribution in [0.1, 0.15) is 6.42 Å². The van der Waals surface area contributed by atoms with Gasteiger partial charge in [0, 0.05) is 0 Å². The predicted octanol–water partition coefficient (Wildman–Crippen LogP) is 1.83. The van der Waals surface area contributed by atoms with E-state index in [1.54, 1.807) is 0 Å². The Hall–Kier alpha value is -0.590. The smallest absolute Gasteiger partial charge is 0.747 e. The molecule has 0 aromatic heterocycles. The van der Waals surface area contributed by atoms with E-state index < -0.39 is 81.1 Å². The summed E-state index contributed by atoms with van der Waals surface area (Å²) in [6, 6.07) is 0. The summed E-state index contributed by atoms with van der Waals surface area (Å²) in [7, 11) is -7.39. The van der Waals surface area contributed by atoms with Crippen molar-refractivity contribution >= 4 is 10.1 Å². The topological polar surface area (TPSA) is 57.2 Å². The summed E-state index contributed by atoms with van der Waals surface area (Å²) in [5.74, 6) is 0. The average Bonchev–Trinajstić information content (AvgIpc) is 2.47. The van der Waals surface area contributed by atoms with Crippen LogP contribution in [-0.2, 0) is 10.1 Å². The van der Waals surface area contributed by atoms with E-state index in [4.69, 9.17) is 0 Å². The maximum absolute atomic E-state index is 14.4. The van der Waals surface area contributed by atoms with Gasteiger partial charge in [-0.2, -0.15) is 52.7 Å². The molecule has 1 aliphatic rings. The SMILES string of the molecule is O=S(=O)([O-])C1(C(F)(C(F)(F)F)C(F)(F)F)C=CC=C(C(F)(C(F)(F)F)C(F)(F)F)C1.[Na+]. The molecule has 0 spiro atoms. The number of halogens is 14. The van der Waals surface area contributed by atoms with Gasteiger partial charge in [0.2, 0.25) is 0 Å². The zero-order valence-corrected chi connectivity index (χ0v) is 17.2. The van der Waals surface area contributed by atoms with Crippen molar-refractivity contribution in [2.75, 3.05) is 0 Å². The van der Waals surface area contributed by atoms with E-state index in [1.807, 2.05) is 0 Å². The van der Waals surface area contributed by atoms with Gasteiger partial charge in [-0.15, -0.1) is 0 Å². The minimum atomic E-state index is -7.40. The maximum atomic E-state index is 14.4. The summed E-state index contributed by atoms with van der Waals surface area (Å²) in [6.45, 7) is 0. The molecule has 1 aliphatic carbocycles. The molecular weight excluding hydrogens is 513 g/mol. The monoisotopic (exact) mass is 518 g/mol. The van der Waals surface area contributed by atoms with Gasteiger partial charge < -0.3 is 4.55 Å². The summed E-state index contributed by atoms with van der Waals surface area (Å²) in [4.78, 5) is 0. The first-order valence-corrected chi connectivity index (χ1v) is 8.21. The molecular formula is C12H5F14NaO3S. The first-order chi connectivity index (χ1) is 12.8. The molecule has 19 heteroatoms. The number of rotatable bonds is 3. The van der Waals surface area contributed by atoms with Crippen LogP contribution in [0.3, 0.4) is 0 Å². The minimum Gasteiger partial charge on any atom is -0.747 e. The minimum absolute atomic E-state index is 0. The normalized spacial score (nSPS) is 22.1. The van der Waals surface area contributed by atoms with Crippen molar-refractivity contribution < 1.29 is 104 Å². The first-order valence-electron chi connectivity index (χ1n) is 6.80. The van der Waals surface area contributed by atoms with Crippen molar-refractivity contribution in [3.8, 4) is 0 Å². The number of hydrogen-bond donors (Lipinski definition) is 0. The number of allylic oxidation sites excluding steroid dienone is 3. The van der Waals surface area contributed by atoms with Gasteiger partial charge in [0.1, 0.15) is 14.9 Å². The Morgan fingerprint density at radius 1 is 0.742 bits per heavy atom. The molecule has 0 aromatic carbocycles. The summed E-state index contributed by atoms with van der Waals surface area (Å²) in [5, 5.41) is 0. The zero-order valence-electron chi connectivity index (χ0n) is 14.4. The van der Waals surface area contributed by atoms with E-state index in [9.17, 15) is 74.4 Å². The molecule has 1 unspecified atom stereocenters. The van der Waals surface area contributed by atoms with Crippen LogP contribution in [0, 0.1) is 0 Å². The van der Waals surface area contributed by atoms with Crippen molar-refractivity contribution in [2.24, 2.45) is 0 Å². The standard InChI is InChI=1S/C12H6F14O3S.Na/c13-7(9(15,16)17,10(18,19)20)5-2-1-3-6(4-5,30(27,28)29)8(14,11(21,22)23)12(24,25)26;/h1-3H,4H2,(H,27,28,29);/q;+1/p-1. The Kier molecular flexibility index (Phi) is 7.87. The van der Waals surface area contributed by atoms with Gasteiger partial charge >= 0.3 is 65.6 Å². The second-order valence-corrected chi connectivity index (χ2v) is 7.52. The Labute approximate surface area is 185 Å². The van der Waals surface area contributed by atoms with Crippen LogP contribution in [0.25, 0.3) is 0 Å². The third-order valence-corrected chi connectivity index (χ3v) is 5.60. The zero-order chi connectivity index (χ0) is 24.4. The third kappa shape index (κ3) is 4.33. The van der Waals surface area contributed by atoms with Crippen LogP contribution in [0.4, 0.5) is 61.5 Å². The van der Waals surface area contributed by atoms with E-state index in [1.165, 1.54) is 0 Å². The van der Waals surface area contributed by atoms with Gasteiger partial charge in [-0.25, -0.2) is 17.2 Å². The van der Waals surface area contributed by atoms with E-state index >= 15 is 0 Å². The molecule has 176 valence electrons. The molecule has 0 radical (unpaired) electrons. The van der Waals surface area contributed by atoms with E-state index in [0.717, 1.165) is 0 Å². The largest absolute Gasteiger partial charge is 1.00 e. The Morgan fingerprint density at radius 3 is 1.35 bits per heavy atom. The molecule has 1 atom stereocenters. The molecule has 0 aliphatic heterocycles. The van der Waals surface area contributed by atoms with Crippen molar-refractivity contribution in [2.45, 2.75) is 47.2 Å². The third-order valence-electron chi connectivity index (χ3n) is 4.15. The van der Waals surface area contributed by atoms with Crippen LogP contribution < -0.4 is 29.6 Å². The summed E-state index contributed by atoms with van der Waals surface area (Å²) < 4.78 is 211. The van der Waals surface area contributed by atoms with Crippen LogP contribution in [0.5, 0.6) is 0 Å². The summed E-state index contributed by atoms with van der Waals surface area (Å²) in [5.41, 5.74) is -17.0. The van der Waals surface area contributed by atoms with E-state index in [0.29, 0.717) is 0 Å². The van der Waals surface area contributed by atoms with Gasteiger partial charge in [0.15, 0.2) is 0 Å². The Morgan fingerprint density at radius 2 is 1.10 bits per heavy atom. The van der Waals surface area contributed by atoms with Crippen LogP contribution in [-0.4, -0.2) is 53.8 Å². The average molecular weight is 518 g/mol. The molecule has 3 nitrogen and oxygen atoms in total. The number of hydrogen-bond acceptors (Lipinski definition) is 3. The van der Waals surface area contributed by atoms with Crippen molar-refractivity contribution in [3.63, 3.8) is 0 Å². The molecule has 0 fully saturated rings. The van der Waals surface area contributed by atoms with Crippen LogP contribution >= 0.6 is 0 Å². The predicted molar refractivity (Wildman–Crippen MR) is 66.2 cm³/mol. The van der Waals surface area contributed by atoms with Gasteiger partial charge in [0.05, 0.1) is 0 Å². The Balaban J connectivity index is 0.00000900. The first kappa shape index (κ1) is 30.4. The molecule has 31 heavy (non-hydrogen) atoms. The molecule has 0 amide bonds. The van der Waals surface area contributed by atoms with Crippen LogP contribution in [0.2, 0.25) is 0 Å². The van der Waals surface area contributed by atoms with E-state index in [-0.39, 0.29) is 29.6 Å². The fourth-order valence-electron chi connectivity index (χ4n) is 2.70. The fourth-order valence-corrected chi connectivity index (χ4v) is 3.86. The van der Waals surface area contributed by atoms with Crippen molar-refractivity contribution in [1.82, 2.24) is 0 Å². The van der Waals surface area contributed by atoms with Crippen LogP contribution in [0.15, 0.2) is 23.8 Å². The quantitative estimate of drug-likeness (QED) is 0.326. The second kappa shape index (κ2) is 8.02. The summed E-state index contributed by atoms with van der Waals surface area (Å²) >= 11 is 0. The Bertz CT molecular complexity index is 820. The molecule has 0 aromatic rings. The molecule has 0 saturated heterocycles. The van der Waals surface area contributed by atoms with Gasteiger partial charge in [-0.3, -0.25) is 0 Å². The summed E-state index contributed by atoms with van der Waals surface area (Å²) in [6.07, 6.45) is -34.7. The number of alkyl halides is 14. The van der Waals surface area contributed by atoms with Crippen molar-refractivity contribution in [1.29, 1.82) is 0 Å². The van der Waals surface area contributed by atoms with Crippen molar-refractivity contribution in [3.05, 3.63) is 23.8 Å².